The van der Waals surface area contributed by atoms with Crippen molar-refractivity contribution >= 4 is 21.4 Å². The minimum absolute atomic E-state index is 0.127. The van der Waals surface area contributed by atoms with Crippen LogP contribution in [0.15, 0.2) is 42.5 Å². The van der Waals surface area contributed by atoms with Crippen molar-refractivity contribution in [3.05, 3.63) is 59.4 Å². The van der Waals surface area contributed by atoms with Crippen molar-refractivity contribution in [1.82, 2.24) is 0 Å². The van der Waals surface area contributed by atoms with Gasteiger partial charge in [0.1, 0.15) is 5.82 Å². The Morgan fingerprint density at radius 1 is 1.00 bits per heavy atom. The van der Waals surface area contributed by atoms with Gasteiger partial charge in [0.15, 0.2) is 0 Å². The maximum absolute atomic E-state index is 13.0. The van der Waals surface area contributed by atoms with Gasteiger partial charge in [-0.2, -0.15) is 0 Å². The molecule has 2 aromatic carbocycles. The van der Waals surface area contributed by atoms with E-state index in [-0.39, 0.29) is 11.6 Å². The lowest BCUT2D eigenvalue weighted by atomic mass is 10.1. The van der Waals surface area contributed by atoms with Crippen LogP contribution in [0.3, 0.4) is 0 Å². The maximum Gasteiger partial charge on any atom is 0.239 e. The first-order valence-corrected chi connectivity index (χ1v) is 10.3. The number of anilines is 2. The molecule has 1 fully saturated rings. The fourth-order valence-electron chi connectivity index (χ4n) is 3.53. The third-order valence-corrected chi connectivity index (χ3v) is 6.64. The monoisotopic (exact) mass is 376 g/mol. The second-order valence-electron chi connectivity index (χ2n) is 6.62. The summed E-state index contributed by atoms with van der Waals surface area (Å²) < 4.78 is 45.6. The molecule has 26 heavy (non-hydrogen) atoms. The molecule has 0 N–H and O–H groups in total. The summed E-state index contributed by atoms with van der Waals surface area (Å²) in [5.41, 5.74) is 3.51. The molecule has 0 spiro atoms. The summed E-state index contributed by atoms with van der Waals surface area (Å²) in [7, 11) is -3.50. The number of morpholine rings is 1. The summed E-state index contributed by atoms with van der Waals surface area (Å²) in [5, 5.41) is 0. The Morgan fingerprint density at radius 3 is 2.46 bits per heavy atom. The van der Waals surface area contributed by atoms with Crippen molar-refractivity contribution in [2.45, 2.75) is 12.2 Å². The number of sulfonamides is 1. The van der Waals surface area contributed by atoms with E-state index >= 15 is 0 Å². The molecule has 7 heteroatoms. The highest BCUT2D eigenvalue weighted by Crippen LogP contribution is 2.34. The van der Waals surface area contributed by atoms with Gasteiger partial charge >= 0.3 is 0 Å². The summed E-state index contributed by atoms with van der Waals surface area (Å²) in [4.78, 5) is 2.26. The van der Waals surface area contributed by atoms with Gasteiger partial charge in [0.05, 0.1) is 24.7 Å². The molecule has 0 atom stereocenters. The van der Waals surface area contributed by atoms with Gasteiger partial charge in [0.25, 0.3) is 0 Å². The Bertz CT molecular complexity index is 894. The molecule has 2 aliphatic rings. The van der Waals surface area contributed by atoms with E-state index in [0.717, 1.165) is 43.2 Å². The van der Waals surface area contributed by atoms with Crippen molar-refractivity contribution in [3.8, 4) is 0 Å². The lowest BCUT2D eigenvalue weighted by Crippen LogP contribution is -2.36. The lowest BCUT2D eigenvalue weighted by Gasteiger charge is -2.29. The zero-order chi connectivity index (χ0) is 18.1. The smallest absolute Gasteiger partial charge is 0.239 e. The van der Waals surface area contributed by atoms with E-state index in [9.17, 15) is 12.8 Å². The van der Waals surface area contributed by atoms with E-state index in [4.69, 9.17) is 4.74 Å². The largest absolute Gasteiger partial charge is 0.378 e. The predicted molar refractivity (Wildman–Crippen MR) is 99.5 cm³/mol. The van der Waals surface area contributed by atoms with Crippen LogP contribution in [0.5, 0.6) is 0 Å². The van der Waals surface area contributed by atoms with Crippen LogP contribution in [-0.2, 0) is 26.9 Å². The van der Waals surface area contributed by atoms with Crippen molar-refractivity contribution in [2.75, 3.05) is 42.1 Å². The molecule has 0 bridgehead atoms. The molecule has 0 radical (unpaired) electrons. The second-order valence-corrected chi connectivity index (χ2v) is 8.51. The van der Waals surface area contributed by atoms with Crippen LogP contribution in [0, 0.1) is 5.82 Å². The predicted octanol–water partition coefficient (Wildman–Crippen LogP) is 2.55. The highest BCUT2D eigenvalue weighted by Gasteiger charge is 2.30. The summed E-state index contributed by atoms with van der Waals surface area (Å²) >= 11 is 0. The van der Waals surface area contributed by atoms with Gasteiger partial charge in [0.2, 0.25) is 10.0 Å². The molecule has 4 rings (SSSR count). The number of rotatable bonds is 4. The Kier molecular flexibility index (Phi) is 4.58. The first-order valence-electron chi connectivity index (χ1n) is 8.73. The van der Waals surface area contributed by atoms with Crippen LogP contribution >= 0.6 is 0 Å². The molecule has 2 aliphatic heterocycles. The second kappa shape index (κ2) is 6.89. The molecule has 0 aliphatic carbocycles. The minimum Gasteiger partial charge on any atom is -0.378 e. The highest BCUT2D eigenvalue weighted by molar-refractivity contribution is 7.92. The Morgan fingerprint density at radius 2 is 1.73 bits per heavy atom. The first kappa shape index (κ1) is 17.3. The van der Waals surface area contributed by atoms with E-state index < -0.39 is 10.0 Å². The van der Waals surface area contributed by atoms with Crippen LogP contribution in [0.25, 0.3) is 0 Å². The third-order valence-electron chi connectivity index (χ3n) is 4.89. The normalized spacial score (nSPS) is 17.4. The summed E-state index contributed by atoms with van der Waals surface area (Å²) in [6.07, 6.45) is 0.705. The zero-order valence-electron chi connectivity index (χ0n) is 14.4. The van der Waals surface area contributed by atoms with Crippen LogP contribution < -0.4 is 9.21 Å². The molecule has 0 saturated carbocycles. The van der Waals surface area contributed by atoms with Crippen molar-refractivity contribution in [2.24, 2.45) is 0 Å². The molecule has 138 valence electrons. The molecule has 1 saturated heterocycles. The maximum atomic E-state index is 13.0. The number of benzene rings is 2. The summed E-state index contributed by atoms with van der Waals surface area (Å²) in [5.74, 6) is -0.494. The van der Waals surface area contributed by atoms with E-state index in [1.807, 2.05) is 12.1 Å². The molecule has 0 aromatic heterocycles. The van der Waals surface area contributed by atoms with E-state index in [1.54, 1.807) is 0 Å². The molecule has 0 amide bonds. The van der Waals surface area contributed by atoms with E-state index in [1.165, 1.54) is 28.6 Å². The molecule has 2 aromatic rings. The van der Waals surface area contributed by atoms with Gasteiger partial charge in [-0.15, -0.1) is 0 Å². The number of halogens is 1. The van der Waals surface area contributed by atoms with Crippen LogP contribution in [0.2, 0.25) is 0 Å². The molecule has 2 heterocycles. The average molecular weight is 376 g/mol. The van der Waals surface area contributed by atoms with Crippen LogP contribution in [0.4, 0.5) is 15.8 Å². The van der Waals surface area contributed by atoms with Crippen molar-refractivity contribution < 1.29 is 17.5 Å². The van der Waals surface area contributed by atoms with Gasteiger partial charge in [0, 0.05) is 25.3 Å². The van der Waals surface area contributed by atoms with Crippen molar-refractivity contribution in [3.63, 3.8) is 0 Å². The molecule has 5 nitrogen and oxygen atoms in total. The molecular weight excluding hydrogens is 355 g/mol. The quantitative estimate of drug-likeness (QED) is 0.823. The summed E-state index contributed by atoms with van der Waals surface area (Å²) in [6, 6.07) is 11.6. The number of hydrogen-bond acceptors (Lipinski definition) is 4. The van der Waals surface area contributed by atoms with Gasteiger partial charge < -0.3 is 9.64 Å². The Hall–Kier alpha value is -2.12. The number of ether oxygens (including phenoxy) is 1. The highest BCUT2D eigenvalue weighted by atomic mass is 32.2. The van der Waals surface area contributed by atoms with E-state index in [0.29, 0.717) is 18.5 Å². The molecule has 0 unspecified atom stereocenters. The van der Waals surface area contributed by atoms with Gasteiger partial charge in [-0.1, -0.05) is 12.1 Å². The van der Waals surface area contributed by atoms with Gasteiger partial charge in [-0.25, -0.2) is 12.8 Å². The number of nitrogens with zero attached hydrogens (tertiary/aromatic N) is 2. The topological polar surface area (TPSA) is 49.9 Å². The third kappa shape index (κ3) is 3.41. The van der Waals surface area contributed by atoms with E-state index in [2.05, 4.69) is 11.0 Å². The fourth-order valence-corrected chi connectivity index (χ4v) is 5.15. The number of fused-ring (bicyclic) bond motifs is 1. The molecular formula is C19H21FN2O3S. The summed E-state index contributed by atoms with van der Waals surface area (Å²) in [6.45, 7) is 3.59. The minimum atomic E-state index is -3.50. The van der Waals surface area contributed by atoms with Gasteiger partial charge in [-0.3, -0.25) is 4.31 Å². The average Bonchev–Trinajstić information content (AvgIpc) is 3.08. The van der Waals surface area contributed by atoms with Crippen molar-refractivity contribution in [1.29, 1.82) is 0 Å². The fraction of sp³-hybridized carbons (Fsp3) is 0.368. The zero-order valence-corrected chi connectivity index (χ0v) is 15.2. The SMILES string of the molecule is O=S(=O)(Cc1ccc(F)cc1)N1CCc2cc(N3CCOCC3)ccc21. The lowest BCUT2D eigenvalue weighted by molar-refractivity contribution is 0.122. The first-order chi connectivity index (χ1) is 12.5. The number of hydrogen-bond donors (Lipinski definition) is 0. The Balaban J connectivity index is 1.55. The van der Waals surface area contributed by atoms with Crippen LogP contribution in [0.1, 0.15) is 11.1 Å². The van der Waals surface area contributed by atoms with Crippen LogP contribution in [-0.4, -0.2) is 41.3 Å². The Labute approximate surface area is 153 Å². The van der Waals surface area contributed by atoms with Gasteiger partial charge in [-0.05, 0) is 47.9 Å². The standard InChI is InChI=1S/C19H21FN2O3S/c20-17-3-1-15(2-4-17)14-26(23,24)22-8-7-16-13-18(5-6-19(16)22)21-9-11-25-12-10-21/h1-6,13H,7-12,14H2.